The number of sulfonamides is 1. The second-order valence-corrected chi connectivity index (χ2v) is 6.26. The van der Waals surface area contributed by atoms with Gasteiger partial charge in [0.15, 0.2) is 0 Å². The maximum atomic E-state index is 12.1. The van der Waals surface area contributed by atoms with Crippen molar-refractivity contribution in [1.82, 2.24) is 14.5 Å². The zero-order valence-electron chi connectivity index (χ0n) is 10.7. The molecule has 0 saturated carbocycles. The van der Waals surface area contributed by atoms with Gasteiger partial charge in [-0.15, -0.1) is 0 Å². The second-order valence-electron chi connectivity index (χ2n) is 4.12. The van der Waals surface area contributed by atoms with E-state index < -0.39 is 16.0 Å². The molecule has 0 aliphatic heterocycles. The van der Waals surface area contributed by atoms with E-state index in [1.54, 1.807) is 23.1 Å². The zero-order valence-corrected chi connectivity index (χ0v) is 12.3. The van der Waals surface area contributed by atoms with E-state index in [0.717, 1.165) is 6.07 Å². The summed E-state index contributed by atoms with van der Waals surface area (Å²) >= 11 is 5.83. The minimum absolute atomic E-state index is 0.0356. The van der Waals surface area contributed by atoms with Crippen LogP contribution in [0.15, 0.2) is 41.6 Å². The highest BCUT2D eigenvalue weighted by atomic mass is 35.5. The standard InChI is InChI=1S/C12H12ClN3O4S/c13-10-3-2-9(12(17)18)8-11(10)21(19,20)15-5-7-16-6-1-4-14-16/h1-4,6,8,15H,5,7H2,(H,17,18). The number of benzene rings is 1. The minimum atomic E-state index is -3.89. The van der Waals surface area contributed by atoms with Crippen molar-refractivity contribution in [3.63, 3.8) is 0 Å². The summed E-state index contributed by atoms with van der Waals surface area (Å²) in [5, 5.41) is 12.8. The molecule has 0 spiro atoms. The summed E-state index contributed by atoms with van der Waals surface area (Å²) < 4.78 is 28.2. The van der Waals surface area contributed by atoms with E-state index in [-0.39, 0.29) is 22.0 Å². The van der Waals surface area contributed by atoms with Gasteiger partial charge in [-0.2, -0.15) is 5.10 Å². The molecule has 0 unspecified atom stereocenters. The van der Waals surface area contributed by atoms with E-state index in [1.807, 2.05) is 0 Å². The van der Waals surface area contributed by atoms with E-state index in [9.17, 15) is 13.2 Å². The number of carboxylic acid groups (broad SMARTS) is 1. The van der Waals surface area contributed by atoms with Crippen molar-refractivity contribution < 1.29 is 18.3 Å². The van der Waals surface area contributed by atoms with Gasteiger partial charge in [0, 0.05) is 18.9 Å². The van der Waals surface area contributed by atoms with Crippen LogP contribution < -0.4 is 4.72 Å². The summed E-state index contributed by atoms with van der Waals surface area (Å²) in [5.41, 5.74) is -0.146. The predicted molar refractivity (Wildman–Crippen MR) is 75.8 cm³/mol. The lowest BCUT2D eigenvalue weighted by Crippen LogP contribution is -2.28. The van der Waals surface area contributed by atoms with E-state index in [2.05, 4.69) is 9.82 Å². The third kappa shape index (κ3) is 3.81. The molecule has 0 aliphatic carbocycles. The molecule has 0 amide bonds. The van der Waals surface area contributed by atoms with Gasteiger partial charge in [0.1, 0.15) is 4.90 Å². The number of nitrogens with zero attached hydrogens (tertiary/aromatic N) is 2. The summed E-state index contributed by atoms with van der Waals surface area (Å²) in [4.78, 5) is 10.6. The third-order valence-electron chi connectivity index (χ3n) is 2.66. The van der Waals surface area contributed by atoms with Crippen molar-refractivity contribution in [3.05, 3.63) is 47.2 Å². The van der Waals surface area contributed by atoms with Crippen molar-refractivity contribution in [2.45, 2.75) is 11.4 Å². The van der Waals surface area contributed by atoms with Crippen molar-refractivity contribution >= 4 is 27.6 Å². The Kier molecular flexibility index (Phi) is 4.61. The molecule has 0 aliphatic rings. The molecule has 0 radical (unpaired) electrons. The number of hydrogen-bond acceptors (Lipinski definition) is 4. The summed E-state index contributed by atoms with van der Waals surface area (Å²) in [6, 6.07) is 5.24. The topological polar surface area (TPSA) is 101 Å². The van der Waals surface area contributed by atoms with Gasteiger partial charge < -0.3 is 5.11 Å². The lowest BCUT2D eigenvalue weighted by molar-refractivity contribution is 0.0696. The van der Waals surface area contributed by atoms with Gasteiger partial charge in [-0.25, -0.2) is 17.9 Å². The number of hydrogen-bond donors (Lipinski definition) is 2. The fourth-order valence-electron chi connectivity index (χ4n) is 1.65. The molecule has 1 heterocycles. The number of halogens is 1. The van der Waals surface area contributed by atoms with Crippen LogP contribution in [0.3, 0.4) is 0 Å². The zero-order chi connectivity index (χ0) is 15.5. The molecule has 9 heteroatoms. The SMILES string of the molecule is O=C(O)c1ccc(Cl)c(S(=O)(=O)NCCn2cccn2)c1. The number of rotatable bonds is 6. The summed E-state index contributed by atoms with van der Waals surface area (Å²) in [7, 11) is -3.89. The first-order chi connectivity index (χ1) is 9.90. The molecular weight excluding hydrogens is 318 g/mol. The highest BCUT2D eigenvalue weighted by Gasteiger charge is 2.19. The van der Waals surface area contributed by atoms with Crippen molar-refractivity contribution in [1.29, 1.82) is 0 Å². The van der Waals surface area contributed by atoms with Crippen molar-refractivity contribution in [3.8, 4) is 0 Å². The Balaban J connectivity index is 2.15. The molecular formula is C12H12ClN3O4S. The van der Waals surface area contributed by atoms with Crippen molar-refractivity contribution in [2.75, 3.05) is 6.54 Å². The monoisotopic (exact) mass is 329 g/mol. The lowest BCUT2D eigenvalue weighted by Gasteiger charge is -2.09. The molecule has 112 valence electrons. The molecule has 2 rings (SSSR count). The summed E-state index contributed by atoms with van der Waals surface area (Å²) in [6.07, 6.45) is 3.29. The number of aromatic carboxylic acids is 1. The average molecular weight is 330 g/mol. The smallest absolute Gasteiger partial charge is 0.335 e. The Morgan fingerprint density at radius 2 is 2.19 bits per heavy atom. The number of nitrogens with one attached hydrogen (secondary N) is 1. The van der Waals surface area contributed by atoms with Gasteiger partial charge >= 0.3 is 5.97 Å². The van der Waals surface area contributed by atoms with Gasteiger partial charge in [-0.3, -0.25) is 4.68 Å². The minimum Gasteiger partial charge on any atom is -0.478 e. The fourth-order valence-corrected chi connectivity index (χ4v) is 3.19. The molecule has 0 bridgehead atoms. The molecule has 7 nitrogen and oxygen atoms in total. The van der Waals surface area contributed by atoms with Gasteiger partial charge in [0.2, 0.25) is 10.0 Å². The largest absolute Gasteiger partial charge is 0.478 e. The highest BCUT2D eigenvalue weighted by molar-refractivity contribution is 7.89. The van der Waals surface area contributed by atoms with Crippen LogP contribution in [0.1, 0.15) is 10.4 Å². The van der Waals surface area contributed by atoms with Crippen LogP contribution in [0.5, 0.6) is 0 Å². The summed E-state index contributed by atoms with van der Waals surface area (Å²) in [5.74, 6) is -1.22. The normalized spacial score (nSPS) is 11.5. The van der Waals surface area contributed by atoms with E-state index in [0.29, 0.717) is 6.54 Å². The van der Waals surface area contributed by atoms with Gasteiger partial charge in [0.25, 0.3) is 0 Å². The number of carbonyl (C=O) groups is 1. The Morgan fingerprint density at radius 1 is 1.43 bits per heavy atom. The molecule has 21 heavy (non-hydrogen) atoms. The average Bonchev–Trinajstić information content (AvgIpc) is 2.91. The number of aromatic nitrogens is 2. The molecule has 1 aromatic heterocycles. The Bertz CT molecular complexity index is 744. The summed E-state index contributed by atoms with van der Waals surface area (Å²) in [6.45, 7) is 0.458. The Morgan fingerprint density at radius 3 is 2.81 bits per heavy atom. The third-order valence-corrected chi connectivity index (χ3v) is 4.60. The quantitative estimate of drug-likeness (QED) is 0.829. The molecule has 2 aromatic rings. The molecule has 0 saturated heterocycles. The van der Waals surface area contributed by atoms with Crippen LogP contribution in [-0.4, -0.2) is 35.8 Å². The van der Waals surface area contributed by atoms with Crippen LogP contribution in [0, 0.1) is 0 Å². The van der Waals surface area contributed by atoms with Crippen LogP contribution >= 0.6 is 11.6 Å². The Labute approximate surface area is 126 Å². The number of carboxylic acids is 1. The van der Waals surface area contributed by atoms with Gasteiger partial charge in [-0.1, -0.05) is 11.6 Å². The maximum Gasteiger partial charge on any atom is 0.335 e. The van der Waals surface area contributed by atoms with Crippen LogP contribution in [0.2, 0.25) is 5.02 Å². The first kappa shape index (κ1) is 15.5. The molecule has 2 N–H and O–H groups in total. The van der Waals surface area contributed by atoms with Gasteiger partial charge in [0.05, 0.1) is 17.1 Å². The molecule has 0 atom stereocenters. The van der Waals surface area contributed by atoms with E-state index in [4.69, 9.17) is 16.7 Å². The van der Waals surface area contributed by atoms with E-state index in [1.165, 1.54) is 12.1 Å². The van der Waals surface area contributed by atoms with Crippen LogP contribution in [-0.2, 0) is 16.6 Å². The lowest BCUT2D eigenvalue weighted by atomic mass is 10.2. The molecule has 1 aromatic carbocycles. The van der Waals surface area contributed by atoms with Gasteiger partial charge in [-0.05, 0) is 24.3 Å². The Hall–Kier alpha value is -1.90. The van der Waals surface area contributed by atoms with Crippen molar-refractivity contribution in [2.24, 2.45) is 0 Å². The van der Waals surface area contributed by atoms with E-state index >= 15 is 0 Å². The fraction of sp³-hybridized carbons (Fsp3) is 0.167. The predicted octanol–water partition coefficient (Wildman–Crippen LogP) is 1.21. The first-order valence-corrected chi connectivity index (χ1v) is 7.76. The highest BCUT2D eigenvalue weighted by Crippen LogP contribution is 2.22. The van der Waals surface area contributed by atoms with Crippen LogP contribution in [0.4, 0.5) is 0 Å². The molecule has 0 fully saturated rings. The first-order valence-electron chi connectivity index (χ1n) is 5.90. The van der Waals surface area contributed by atoms with Crippen LogP contribution in [0.25, 0.3) is 0 Å². The second kappa shape index (κ2) is 6.25. The maximum absolute atomic E-state index is 12.1.